The fourth-order valence-electron chi connectivity index (χ4n) is 3.25. The fourth-order valence-corrected chi connectivity index (χ4v) is 3.25. The fraction of sp³-hybridized carbons (Fsp3) is 0.389. The number of aromatic nitrogens is 1. The summed E-state index contributed by atoms with van der Waals surface area (Å²) in [6.07, 6.45) is 2.25. The summed E-state index contributed by atoms with van der Waals surface area (Å²) in [4.78, 5) is 14.6. The SMILES string of the molecule is Cc1ccccc1-n1c(C)cc(C(=O)N2CCCC2)c1C. The van der Waals surface area contributed by atoms with Crippen molar-refractivity contribution in [3.05, 3.63) is 52.8 Å². The number of likely N-dealkylation sites (tertiary alicyclic amines) is 1. The molecule has 1 amide bonds. The second-order valence-corrected chi connectivity index (χ2v) is 5.91. The van der Waals surface area contributed by atoms with Crippen molar-refractivity contribution in [2.75, 3.05) is 13.1 Å². The van der Waals surface area contributed by atoms with Gasteiger partial charge in [-0.1, -0.05) is 18.2 Å². The zero-order valence-electron chi connectivity index (χ0n) is 13.0. The monoisotopic (exact) mass is 282 g/mol. The Morgan fingerprint density at radius 1 is 1.05 bits per heavy atom. The van der Waals surface area contributed by atoms with Crippen LogP contribution in [0.4, 0.5) is 0 Å². The Labute approximate surface area is 126 Å². The molecule has 21 heavy (non-hydrogen) atoms. The average molecular weight is 282 g/mol. The molecule has 0 atom stereocenters. The third-order valence-electron chi connectivity index (χ3n) is 4.41. The van der Waals surface area contributed by atoms with Gasteiger partial charge in [-0.05, 0) is 51.3 Å². The Bertz CT molecular complexity index is 679. The lowest BCUT2D eigenvalue weighted by Crippen LogP contribution is -2.27. The summed E-state index contributed by atoms with van der Waals surface area (Å²) in [7, 11) is 0. The maximum atomic E-state index is 12.7. The molecule has 2 heterocycles. The summed E-state index contributed by atoms with van der Waals surface area (Å²) < 4.78 is 2.19. The molecule has 1 aliphatic heterocycles. The number of para-hydroxylation sites is 1. The molecule has 3 nitrogen and oxygen atoms in total. The van der Waals surface area contributed by atoms with Crippen molar-refractivity contribution in [3.8, 4) is 5.69 Å². The van der Waals surface area contributed by atoms with Gasteiger partial charge in [0, 0.05) is 30.2 Å². The van der Waals surface area contributed by atoms with Crippen molar-refractivity contribution in [3.63, 3.8) is 0 Å². The van der Waals surface area contributed by atoms with Gasteiger partial charge in [0.25, 0.3) is 5.91 Å². The number of carbonyl (C=O) groups excluding carboxylic acids is 1. The summed E-state index contributed by atoms with van der Waals surface area (Å²) in [6, 6.07) is 10.3. The summed E-state index contributed by atoms with van der Waals surface area (Å²) in [5.41, 5.74) is 5.38. The molecule has 0 N–H and O–H groups in total. The topological polar surface area (TPSA) is 25.2 Å². The van der Waals surface area contributed by atoms with Crippen LogP contribution in [-0.2, 0) is 0 Å². The van der Waals surface area contributed by atoms with E-state index in [0.29, 0.717) is 0 Å². The second-order valence-electron chi connectivity index (χ2n) is 5.91. The minimum atomic E-state index is 0.181. The van der Waals surface area contributed by atoms with Crippen LogP contribution in [0.5, 0.6) is 0 Å². The maximum absolute atomic E-state index is 12.7. The van der Waals surface area contributed by atoms with E-state index < -0.39 is 0 Å². The lowest BCUT2D eigenvalue weighted by Gasteiger charge is -2.16. The Morgan fingerprint density at radius 3 is 2.38 bits per heavy atom. The van der Waals surface area contributed by atoms with Gasteiger partial charge in [-0.2, -0.15) is 0 Å². The summed E-state index contributed by atoms with van der Waals surface area (Å²) >= 11 is 0. The standard InChI is InChI=1S/C18H22N2O/c1-13-8-4-5-9-17(13)20-14(2)12-16(15(20)3)18(21)19-10-6-7-11-19/h4-5,8-9,12H,6-7,10-11H2,1-3H3. The van der Waals surface area contributed by atoms with Gasteiger partial charge in [-0.15, -0.1) is 0 Å². The summed E-state index contributed by atoms with van der Waals surface area (Å²) in [6.45, 7) is 8.01. The first-order valence-corrected chi connectivity index (χ1v) is 7.64. The number of hydrogen-bond donors (Lipinski definition) is 0. The summed E-state index contributed by atoms with van der Waals surface area (Å²) in [5.74, 6) is 0.181. The number of carbonyl (C=O) groups is 1. The van der Waals surface area contributed by atoms with Crippen LogP contribution in [0, 0.1) is 20.8 Å². The van der Waals surface area contributed by atoms with Gasteiger partial charge in [0.15, 0.2) is 0 Å². The Morgan fingerprint density at radius 2 is 1.71 bits per heavy atom. The van der Waals surface area contributed by atoms with Crippen LogP contribution >= 0.6 is 0 Å². The third kappa shape index (κ3) is 2.37. The highest BCUT2D eigenvalue weighted by Gasteiger charge is 2.24. The number of aryl methyl sites for hydroxylation is 2. The highest BCUT2D eigenvalue weighted by atomic mass is 16.2. The second kappa shape index (κ2) is 5.40. The molecule has 0 spiro atoms. The van der Waals surface area contributed by atoms with Crippen LogP contribution in [-0.4, -0.2) is 28.5 Å². The molecule has 0 radical (unpaired) electrons. The Balaban J connectivity index is 2.04. The molecule has 0 saturated carbocycles. The molecule has 2 aromatic rings. The van der Waals surface area contributed by atoms with E-state index in [1.165, 1.54) is 5.56 Å². The summed E-state index contributed by atoms with van der Waals surface area (Å²) in [5, 5.41) is 0. The Hall–Kier alpha value is -2.03. The van der Waals surface area contributed by atoms with Gasteiger partial charge in [-0.3, -0.25) is 4.79 Å². The van der Waals surface area contributed by atoms with Crippen molar-refractivity contribution in [1.82, 2.24) is 9.47 Å². The molecule has 3 heteroatoms. The van der Waals surface area contributed by atoms with Crippen LogP contribution in [0.15, 0.2) is 30.3 Å². The molecule has 0 bridgehead atoms. The number of hydrogen-bond acceptors (Lipinski definition) is 1. The molecule has 1 aromatic heterocycles. The molecular weight excluding hydrogens is 260 g/mol. The van der Waals surface area contributed by atoms with Gasteiger partial charge in [0.2, 0.25) is 0 Å². The lowest BCUT2D eigenvalue weighted by molar-refractivity contribution is 0.0792. The minimum absolute atomic E-state index is 0.181. The van der Waals surface area contributed by atoms with Crippen LogP contribution in [0.3, 0.4) is 0 Å². The smallest absolute Gasteiger partial charge is 0.255 e. The van der Waals surface area contributed by atoms with E-state index in [2.05, 4.69) is 30.5 Å². The van der Waals surface area contributed by atoms with E-state index in [1.807, 2.05) is 30.0 Å². The molecule has 110 valence electrons. The van der Waals surface area contributed by atoms with Crippen LogP contribution in [0.1, 0.15) is 40.2 Å². The predicted molar refractivity (Wildman–Crippen MR) is 85.1 cm³/mol. The minimum Gasteiger partial charge on any atom is -0.339 e. The van der Waals surface area contributed by atoms with E-state index in [4.69, 9.17) is 0 Å². The van der Waals surface area contributed by atoms with Crippen molar-refractivity contribution in [2.45, 2.75) is 33.6 Å². The molecular formula is C18H22N2O. The van der Waals surface area contributed by atoms with Gasteiger partial charge in [-0.25, -0.2) is 0 Å². The van der Waals surface area contributed by atoms with E-state index in [0.717, 1.165) is 48.6 Å². The van der Waals surface area contributed by atoms with Crippen LogP contribution < -0.4 is 0 Å². The normalized spacial score (nSPS) is 14.7. The highest BCUT2D eigenvalue weighted by molar-refractivity contribution is 5.96. The molecule has 0 unspecified atom stereocenters. The first-order valence-electron chi connectivity index (χ1n) is 7.64. The van der Waals surface area contributed by atoms with Crippen molar-refractivity contribution in [1.29, 1.82) is 0 Å². The van der Waals surface area contributed by atoms with Crippen molar-refractivity contribution >= 4 is 5.91 Å². The van der Waals surface area contributed by atoms with Crippen molar-refractivity contribution in [2.24, 2.45) is 0 Å². The molecule has 1 fully saturated rings. The highest BCUT2D eigenvalue weighted by Crippen LogP contribution is 2.25. The van der Waals surface area contributed by atoms with Crippen LogP contribution in [0.25, 0.3) is 5.69 Å². The zero-order valence-corrected chi connectivity index (χ0v) is 13.0. The molecule has 1 aliphatic rings. The number of rotatable bonds is 2. The molecule has 1 aromatic carbocycles. The van der Waals surface area contributed by atoms with E-state index in [9.17, 15) is 4.79 Å². The molecule has 0 aliphatic carbocycles. The van der Waals surface area contributed by atoms with Crippen molar-refractivity contribution < 1.29 is 4.79 Å². The zero-order chi connectivity index (χ0) is 15.0. The predicted octanol–water partition coefficient (Wildman–Crippen LogP) is 3.64. The van der Waals surface area contributed by atoms with E-state index >= 15 is 0 Å². The van der Waals surface area contributed by atoms with E-state index in [-0.39, 0.29) is 5.91 Å². The largest absolute Gasteiger partial charge is 0.339 e. The number of amides is 1. The first kappa shape index (κ1) is 13.9. The van der Waals surface area contributed by atoms with E-state index in [1.54, 1.807) is 0 Å². The third-order valence-corrected chi connectivity index (χ3v) is 4.41. The van der Waals surface area contributed by atoms with Gasteiger partial charge in [0.1, 0.15) is 0 Å². The van der Waals surface area contributed by atoms with Gasteiger partial charge < -0.3 is 9.47 Å². The molecule has 1 saturated heterocycles. The quantitative estimate of drug-likeness (QED) is 0.825. The first-order chi connectivity index (χ1) is 10.1. The average Bonchev–Trinajstić information content (AvgIpc) is 3.08. The van der Waals surface area contributed by atoms with Crippen LogP contribution in [0.2, 0.25) is 0 Å². The maximum Gasteiger partial charge on any atom is 0.255 e. The Kier molecular flexibility index (Phi) is 3.58. The lowest BCUT2D eigenvalue weighted by atomic mass is 10.2. The number of benzene rings is 1. The van der Waals surface area contributed by atoms with Gasteiger partial charge in [0.05, 0.1) is 5.56 Å². The molecule has 3 rings (SSSR count). The van der Waals surface area contributed by atoms with Gasteiger partial charge >= 0.3 is 0 Å². The number of nitrogens with zero attached hydrogens (tertiary/aromatic N) is 2.